The lowest BCUT2D eigenvalue weighted by molar-refractivity contribution is -0.138. The molecule has 1 aromatic heterocycles. The molecule has 3 unspecified atom stereocenters. The van der Waals surface area contributed by atoms with Gasteiger partial charge in [0.2, 0.25) is 11.8 Å². The predicted molar refractivity (Wildman–Crippen MR) is 165 cm³/mol. The van der Waals surface area contributed by atoms with E-state index in [9.17, 15) is 24.3 Å². The number of hydrogen-bond donors (Lipinski definition) is 2. The number of Topliss-reactive ketones (excluding diaryl/α,β-unsaturated/α-hetero) is 1. The molecule has 0 saturated carbocycles. The van der Waals surface area contributed by atoms with E-state index in [1.807, 2.05) is 42.5 Å². The summed E-state index contributed by atoms with van der Waals surface area (Å²) in [6.45, 7) is 0.190. The lowest BCUT2D eigenvalue weighted by atomic mass is 10.0. The van der Waals surface area contributed by atoms with Gasteiger partial charge < -0.3 is 25.0 Å². The number of phenolic OH excluding ortho intramolecular Hbond substituents is 1. The number of fused-ring (bicyclic) bond motifs is 1. The maximum Gasteiger partial charge on any atom is 0.413 e. The van der Waals surface area contributed by atoms with Crippen LogP contribution in [0.4, 0.5) is 4.79 Å². The molecule has 2 aliphatic rings. The number of ether oxygens (including phenoxy) is 1. The first-order valence-electron chi connectivity index (χ1n) is 14.8. The lowest BCUT2D eigenvalue weighted by Crippen LogP contribution is -2.53. The van der Waals surface area contributed by atoms with Gasteiger partial charge in [0.05, 0.1) is 19.0 Å². The fourth-order valence-electron chi connectivity index (χ4n) is 6.06. The van der Waals surface area contributed by atoms with Crippen LogP contribution in [0.3, 0.4) is 0 Å². The minimum atomic E-state index is -1.06. The van der Waals surface area contributed by atoms with Crippen molar-refractivity contribution in [2.24, 2.45) is 0 Å². The van der Waals surface area contributed by atoms with Crippen molar-refractivity contribution in [3.63, 3.8) is 0 Å². The summed E-state index contributed by atoms with van der Waals surface area (Å²) in [6.07, 6.45) is 3.10. The van der Waals surface area contributed by atoms with Crippen LogP contribution in [0.1, 0.15) is 17.5 Å². The second-order valence-corrected chi connectivity index (χ2v) is 11.2. The number of nitrogens with zero attached hydrogens (tertiary/aromatic N) is 3. The van der Waals surface area contributed by atoms with Gasteiger partial charge in [0.25, 0.3) is 0 Å². The van der Waals surface area contributed by atoms with Crippen LogP contribution in [0.25, 0.3) is 11.1 Å². The van der Waals surface area contributed by atoms with E-state index in [0.29, 0.717) is 17.7 Å². The molecule has 10 nitrogen and oxygen atoms in total. The van der Waals surface area contributed by atoms with Crippen molar-refractivity contribution in [1.29, 1.82) is 0 Å². The molecule has 3 atom stereocenters. The van der Waals surface area contributed by atoms with Crippen molar-refractivity contribution in [3.8, 4) is 22.6 Å². The van der Waals surface area contributed by atoms with E-state index in [-0.39, 0.29) is 43.4 Å². The predicted octanol–water partition coefficient (Wildman–Crippen LogP) is 3.78. The van der Waals surface area contributed by atoms with Crippen molar-refractivity contribution in [3.05, 3.63) is 115 Å². The first-order chi connectivity index (χ1) is 21.9. The molecule has 3 heterocycles. The Kier molecular flexibility index (Phi) is 8.54. The van der Waals surface area contributed by atoms with E-state index in [1.54, 1.807) is 53.7 Å². The van der Waals surface area contributed by atoms with Gasteiger partial charge >= 0.3 is 6.09 Å². The molecular formula is C35H32N4O6. The number of carbonyl (C=O) groups excluding carboxylic acids is 4. The van der Waals surface area contributed by atoms with Gasteiger partial charge in [-0.25, -0.2) is 4.79 Å². The molecule has 4 aromatic rings. The molecule has 2 aliphatic heterocycles. The molecule has 228 valence electrons. The summed E-state index contributed by atoms with van der Waals surface area (Å²) in [5.41, 5.74) is 3.42. The van der Waals surface area contributed by atoms with Crippen molar-refractivity contribution in [2.45, 2.75) is 37.4 Å². The Hall–Kier alpha value is -5.51. The molecule has 6 rings (SSSR count). The van der Waals surface area contributed by atoms with Crippen LogP contribution in [0, 0.1) is 0 Å². The van der Waals surface area contributed by atoms with Gasteiger partial charge in [-0.3, -0.25) is 19.4 Å². The molecule has 10 heteroatoms. The average Bonchev–Trinajstić information content (AvgIpc) is 3.64. The summed E-state index contributed by atoms with van der Waals surface area (Å²) >= 11 is 0. The van der Waals surface area contributed by atoms with Gasteiger partial charge in [-0.1, -0.05) is 60.7 Å². The molecule has 2 fully saturated rings. The standard InChI is InChI=1S/C35H32N4O6/c40-27-12-8-23(9-13-27)19-29(37-35(44)45-28-14-10-26(11-15-28)25-6-2-1-3-7-25)34(43)38-18-16-30-33(38)31(41)22-39(30)32(42)20-24-5-4-17-36-21-24/h1-15,17,21,29-30,33,40H,16,18-20,22H2,(H,37,44). The number of pyridine rings is 1. The monoisotopic (exact) mass is 604 g/mol. The number of likely N-dealkylation sites (tertiary alicyclic amines) is 2. The zero-order chi connectivity index (χ0) is 31.3. The number of rotatable bonds is 8. The normalized spacial score (nSPS) is 17.9. The van der Waals surface area contributed by atoms with Crippen LogP contribution < -0.4 is 10.1 Å². The summed E-state index contributed by atoms with van der Waals surface area (Å²) in [4.78, 5) is 60.5. The highest BCUT2D eigenvalue weighted by Gasteiger charge is 2.52. The smallest absolute Gasteiger partial charge is 0.413 e. The van der Waals surface area contributed by atoms with E-state index in [1.165, 1.54) is 17.0 Å². The number of aromatic nitrogens is 1. The van der Waals surface area contributed by atoms with E-state index in [4.69, 9.17) is 4.74 Å². The molecular weight excluding hydrogens is 572 g/mol. The highest BCUT2D eigenvalue weighted by molar-refractivity contribution is 5.99. The number of nitrogens with one attached hydrogen (secondary N) is 1. The van der Waals surface area contributed by atoms with Gasteiger partial charge in [-0.15, -0.1) is 0 Å². The SMILES string of the molecule is O=C(NC(Cc1ccc(O)cc1)C(=O)N1CCC2C1C(=O)CN2C(=O)Cc1cccnc1)Oc1ccc(-c2ccccc2)cc1. The molecule has 2 saturated heterocycles. The second-order valence-electron chi connectivity index (χ2n) is 11.2. The van der Waals surface area contributed by atoms with Crippen LogP contribution in [0.5, 0.6) is 11.5 Å². The van der Waals surface area contributed by atoms with Crippen LogP contribution in [0.15, 0.2) is 103 Å². The molecule has 0 bridgehead atoms. The first kappa shape index (κ1) is 29.6. The van der Waals surface area contributed by atoms with Crippen molar-refractivity contribution in [2.75, 3.05) is 13.1 Å². The number of phenols is 1. The summed E-state index contributed by atoms with van der Waals surface area (Å²) in [7, 11) is 0. The maximum atomic E-state index is 14.0. The van der Waals surface area contributed by atoms with Gasteiger partial charge in [0.1, 0.15) is 23.6 Å². The van der Waals surface area contributed by atoms with Gasteiger partial charge in [-0.2, -0.15) is 0 Å². The number of amides is 3. The van der Waals surface area contributed by atoms with Crippen molar-refractivity contribution >= 4 is 23.7 Å². The number of benzene rings is 3. The third-order valence-corrected chi connectivity index (χ3v) is 8.24. The van der Waals surface area contributed by atoms with Crippen molar-refractivity contribution < 1.29 is 29.0 Å². The Morgan fingerprint density at radius 3 is 2.33 bits per heavy atom. The van der Waals surface area contributed by atoms with Crippen LogP contribution in [-0.4, -0.2) is 74.8 Å². The zero-order valence-electron chi connectivity index (χ0n) is 24.4. The van der Waals surface area contributed by atoms with E-state index < -0.39 is 30.1 Å². The number of ketones is 1. The number of carbonyl (C=O) groups is 4. The summed E-state index contributed by atoms with van der Waals surface area (Å²) < 4.78 is 5.53. The summed E-state index contributed by atoms with van der Waals surface area (Å²) in [6, 6.07) is 24.4. The highest BCUT2D eigenvalue weighted by Crippen LogP contribution is 2.31. The fraction of sp³-hybridized carbons (Fsp3) is 0.229. The number of hydrogen-bond acceptors (Lipinski definition) is 7. The van der Waals surface area contributed by atoms with E-state index in [2.05, 4.69) is 10.3 Å². The van der Waals surface area contributed by atoms with Gasteiger partial charge in [0, 0.05) is 25.4 Å². The lowest BCUT2D eigenvalue weighted by Gasteiger charge is -2.28. The van der Waals surface area contributed by atoms with E-state index >= 15 is 0 Å². The zero-order valence-corrected chi connectivity index (χ0v) is 24.4. The molecule has 3 amide bonds. The third kappa shape index (κ3) is 6.70. The Labute approximate surface area is 260 Å². The quantitative estimate of drug-likeness (QED) is 0.313. The molecule has 0 radical (unpaired) electrons. The minimum absolute atomic E-state index is 0.0722. The summed E-state index contributed by atoms with van der Waals surface area (Å²) in [5, 5.41) is 12.4. The molecule has 0 aliphatic carbocycles. The van der Waals surface area contributed by atoms with Crippen LogP contribution in [0.2, 0.25) is 0 Å². The first-order valence-corrected chi connectivity index (χ1v) is 14.8. The average molecular weight is 605 g/mol. The fourth-order valence-corrected chi connectivity index (χ4v) is 6.06. The third-order valence-electron chi connectivity index (χ3n) is 8.24. The highest BCUT2D eigenvalue weighted by atomic mass is 16.6. The topological polar surface area (TPSA) is 129 Å². The molecule has 2 N–H and O–H groups in total. The Balaban J connectivity index is 1.16. The molecule has 45 heavy (non-hydrogen) atoms. The van der Waals surface area contributed by atoms with E-state index in [0.717, 1.165) is 16.7 Å². The Bertz CT molecular complexity index is 1680. The van der Waals surface area contributed by atoms with Crippen LogP contribution >= 0.6 is 0 Å². The summed E-state index contributed by atoms with van der Waals surface area (Å²) in [5.74, 6) is -0.476. The Morgan fingerprint density at radius 1 is 0.889 bits per heavy atom. The largest absolute Gasteiger partial charge is 0.508 e. The molecule has 0 spiro atoms. The molecule has 3 aromatic carbocycles. The number of aromatic hydroxyl groups is 1. The maximum absolute atomic E-state index is 14.0. The Morgan fingerprint density at radius 2 is 1.62 bits per heavy atom. The van der Waals surface area contributed by atoms with Gasteiger partial charge in [-0.05, 0) is 59.0 Å². The van der Waals surface area contributed by atoms with Crippen LogP contribution in [-0.2, 0) is 27.2 Å². The van der Waals surface area contributed by atoms with Crippen molar-refractivity contribution in [1.82, 2.24) is 20.1 Å². The minimum Gasteiger partial charge on any atom is -0.508 e. The van der Waals surface area contributed by atoms with Gasteiger partial charge in [0.15, 0.2) is 5.78 Å². The second kappa shape index (κ2) is 13.0.